The SMILES string of the molecule is CN=C(NCc1cccc(-c2ccccn2)c1)NC1CCc2nc(C(C)C)nn2C1.I. The monoisotopic (exact) mass is 531 g/mol. The Balaban J connectivity index is 0.00000272. The van der Waals surface area contributed by atoms with Gasteiger partial charge in [0.15, 0.2) is 11.8 Å². The van der Waals surface area contributed by atoms with Crippen LogP contribution < -0.4 is 10.6 Å². The Hall–Kier alpha value is -2.49. The summed E-state index contributed by atoms with van der Waals surface area (Å²) in [5.74, 6) is 3.17. The Morgan fingerprint density at radius 1 is 1.23 bits per heavy atom. The highest BCUT2D eigenvalue weighted by molar-refractivity contribution is 14.0. The van der Waals surface area contributed by atoms with E-state index in [-0.39, 0.29) is 30.0 Å². The normalized spacial score (nSPS) is 15.9. The first-order valence-corrected chi connectivity index (χ1v) is 10.5. The molecule has 3 aromatic rings. The number of nitrogens with one attached hydrogen (secondary N) is 2. The summed E-state index contributed by atoms with van der Waals surface area (Å²) < 4.78 is 2.04. The number of aromatic nitrogens is 4. The van der Waals surface area contributed by atoms with Crippen LogP contribution in [0, 0.1) is 0 Å². The van der Waals surface area contributed by atoms with Crippen LogP contribution in [-0.2, 0) is 19.5 Å². The van der Waals surface area contributed by atoms with E-state index in [1.54, 1.807) is 7.05 Å². The molecule has 2 N–H and O–H groups in total. The van der Waals surface area contributed by atoms with E-state index < -0.39 is 0 Å². The van der Waals surface area contributed by atoms with E-state index in [9.17, 15) is 0 Å². The van der Waals surface area contributed by atoms with Gasteiger partial charge in [-0.15, -0.1) is 24.0 Å². The van der Waals surface area contributed by atoms with Crippen molar-refractivity contribution in [1.82, 2.24) is 30.4 Å². The molecule has 1 aromatic carbocycles. The lowest BCUT2D eigenvalue weighted by molar-refractivity contribution is 0.391. The average molecular weight is 531 g/mol. The average Bonchev–Trinajstić information content (AvgIpc) is 3.21. The summed E-state index contributed by atoms with van der Waals surface area (Å²) in [6.45, 7) is 5.77. The van der Waals surface area contributed by atoms with Crippen molar-refractivity contribution in [2.75, 3.05) is 7.05 Å². The molecular weight excluding hydrogens is 501 g/mol. The van der Waals surface area contributed by atoms with Crippen LogP contribution in [0.4, 0.5) is 0 Å². The van der Waals surface area contributed by atoms with Gasteiger partial charge in [0.25, 0.3) is 0 Å². The molecule has 0 fully saturated rings. The number of benzene rings is 1. The molecule has 7 nitrogen and oxygen atoms in total. The lowest BCUT2D eigenvalue weighted by Crippen LogP contribution is -2.46. The molecule has 31 heavy (non-hydrogen) atoms. The van der Waals surface area contributed by atoms with E-state index in [4.69, 9.17) is 0 Å². The molecule has 1 unspecified atom stereocenters. The highest BCUT2D eigenvalue weighted by atomic mass is 127. The highest BCUT2D eigenvalue weighted by Crippen LogP contribution is 2.18. The van der Waals surface area contributed by atoms with Crippen LogP contribution in [0.3, 0.4) is 0 Å². The first-order chi connectivity index (χ1) is 14.6. The molecule has 0 radical (unpaired) electrons. The second-order valence-corrected chi connectivity index (χ2v) is 7.94. The van der Waals surface area contributed by atoms with E-state index in [2.05, 4.69) is 68.8 Å². The lowest BCUT2D eigenvalue weighted by Gasteiger charge is -2.25. The predicted octanol–water partition coefficient (Wildman–Crippen LogP) is 3.76. The van der Waals surface area contributed by atoms with Gasteiger partial charge in [0.1, 0.15) is 5.82 Å². The van der Waals surface area contributed by atoms with E-state index in [0.717, 1.165) is 48.3 Å². The number of hydrogen-bond donors (Lipinski definition) is 2. The molecule has 0 saturated heterocycles. The van der Waals surface area contributed by atoms with Crippen LogP contribution in [0.5, 0.6) is 0 Å². The van der Waals surface area contributed by atoms with Crippen molar-refractivity contribution in [2.24, 2.45) is 4.99 Å². The fourth-order valence-corrected chi connectivity index (χ4v) is 3.64. The summed E-state index contributed by atoms with van der Waals surface area (Å²) in [6.07, 6.45) is 3.77. The van der Waals surface area contributed by atoms with Gasteiger partial charge in [-0.1, -0.05) is 38.1 Å². The van der Waals surface area contributed by atoms with Gasteiger partial charge in [-0.2, -0.15) is 5.10 Å². The second-order valence-electron chi connectivity index (χ2n) is 7.94. The minimum Gasteiger partial charge on any atom is -0.352 e. The first-order valence-electron chi connectivity index (χ1n) is 10.5. The molecule has 3 heterocycles. The number of aryl methyl sites for hydroxylation is 1. The molecular formula is C23H30IN7. The van der Waals surface area contributed by atoms with Gasteiger partial charge in [-0.3, -0.25) is 9.98 Å². The van der Waals surface area contributed by atoms with Crippen molar-refractivity contribution in [1.29, 1.82) is 0 Å². The first kappa shape index (κ1) is 23.2. The number of guanidine groups is 1. The van der Waals surface area contributed by atoms with Gasteiger partial charge in [0.05, 0.1) is 12.2 Å². The maximum Gasteiger partial charge on any atom is 0.191 e. The Labute approximate surface area is 200 Å². The standard InChI is InChI=1S/C23H29N7.HI/c1-16(2)22-28-21-11-10-19(15-30(21)29-22)27-23(24-3)26-14-17-7-6-8-18(13-17)20-9-4-5-12-25-20;/h4-9,12-13,16,19H,10-11,14-15H2,1-3H3,(H2,24,26,27);1H. The Morgan fingerprint density at radius 3 is 2.84 bits per heavy atom. The van der Waals surface area contributed by atoms with E-state index in [1.165, 1.54) is 5.56 Å². The second kappa shape index (κ2) is 10.7. The number of aliphatic imine (C=N–C) groups is 1. The molecule has 1 aliphatic heterocycles. The van der Waals surface area contributed by atoms with E-state index in [0.29, 0.717) is 12.5 Å². The Morgan fingerprint density at radius 2 is 2.10 bits per heavy atom. The van der Waals surface area contributed by atoms with Crippen molar-refractivity contribution in [3.8, 4) is 11.3 Å². The number of halogens is 1. The van der Waals surface area contributed by atoms with Crippen LogP contribution in [-0.4, -0.2) is 38.8 Å². The van der Waals surface area contributed by atoms with Crippen molar-refractivity contribution in [3.63, 3.8) is 0 Å². The third-order valence-corrected chi connectivity index (χ3v) is 5.30. The zero-order valence-corrected chi connectivity index (χ0v) is 20.6. The number of nitrogens with zero attached hydrogens (tertiary/aromatic N) is 5. The zero-order chi connectivity index (χ0) is 20.9. The fourth-order valence-electron chi connectivity index (χ4n) is 3.64. The summed E-state index contributed by atoms with van der Waals surface area (Å²) >= 11 is 0. The molecule has 1 atom stereocenters. The van der Waals surface area contributed by atoms with Gasteiger partial charge in [-0.05, 0) is 30.2 Å². The van der Waals surface area contributed by atoms with Gasteiger partial charge in [0, 0.05) is 43.7 Å². The molecule has 1 aliphatic rings. The summed E-state index contributed by atoms with van der Waals surface area (Å²) in [4.78, 5) is 13.5. The Bertz CT molecular complexity index is 1010. The van der Waals surface area contributed by atoms with Gasteiger partial charge in [-0.25, -0.2) is 9.67 Å². The van der Waals surface area contributed by atoms with Crippen molar-refractivity contribution < 1.29 is 0 Å². The zero-order valence-electron chi connectivity index (χ0n) is 18.2. The maximum atomic E-state index is 4.67. The molecule has 4 rings (SSSR count). The quantitative estimate of drug-likeness (QED) is 0.298. The maximum absolute atomic E-state index is 4.67. The predicted molar refractivity (Wildman–Crippen MR) is 135 cm³/mol. The summed E-state index contributed by atoms with van der Waals surface area (Å²) in [5.41, 5.74) is 3.28. The van der Waals surface area contributed by atoms with Crippen LogP contribution >= 0.6 is 24.0 Å². The highest BCUT2D eigenvalue weighted by Gasteiger charge is 2.23. The number of pyridine rings is 1. The van der Waals surface area contributed by atoms with Crippen LogP contribution in [0.1, 0.15) is 43.4 Å². The third kappa shape index (κ3) is 5.81. The van der Waals surface area contributed by atoms with Crippen LogP contribution in [0.25, 0.3) is 11.3 Å². The molecule has 164 valence electrons. The molecule has 0 spiro atoms. The van der Waals surface area contributed by atoms with Crippen LogP contribution in [0.15, 0.2) is 53.7 Å². The Kier molecular flexibility index (Phi) is 8.00. The molecule has 8 heteroatoms. The number of fused-ring (bicyclic) bond motifs is 1. The minimum atomic E-state index is 0. The smallest absolute Gasteiger partial charge is 0.191 e. The lowest BCUT2D eigenvalue weighted by atomic mass is 10.1. The molecule has 2 aromatic heterocycles. The minimum absolute atomic E-state index is 0. The van der Waals surface area contributed by atoms with Gasteiger partial charge < -0.3 is 10.6 Å². The molecule has 0 saturated carbocycles. The molecule has 0 bridgehead atoms. The fraction of sp³-hybridized carbons (Fsp3) is 0.391. The number of rotatable bonds is 5. The van der Waals surface area contributed by atoms with E-state index >= 15 is 0 Å². The van der Waals surface area contributed by atoms with E-state index in [1.807, 2.05) is 29.1 Å². The third-order valence-electron chi connectivity index (χ3n) is 5.30. The summed E-state index contributed by atoms with van der Waals surface area (Å²) in [6, 6.07) is 14.7. The van der Waals surface area contributed by atoms with Crippen molar-refractivity contribution in [3.05, 3.63) is 65.9 Å². The van der Waals surface area contributed by atoms with Gasteiger partial charge >= 0.3 is 0 Å². The summed E-state index contributed by atoms with van der Waals surface area (Å²) in [7, 11) is 1.81. The van der Waals surface area contributed by atoms with Gasteiger partial charge in [0.2, 0.25) is 0 Å². The largest absolute Gasteiger partial charge is 0.352 e. The van der Waals surface area contributed by atoms with Crippen molar-refractivity contribution in [2.45, 2.75) is 51.7 Å². The molecule has 0 aliphatic carbocycles. The number of hydrogen-bond acceptors (Lipinski definition) is 4. The van der Waals surface area contributed by atoms with Crippen molar-refractivity contribution >= 4 is 29.9 Å². The van der Waals surface area contributed by atoms with Crippen LogP contribution in [0.2, 0.25) is 0 Å². The topological polar surface area (TPSA) is 80.0 Å². The summed E-state index contributed by atoms with van der Waals surface area (Å²) in [5, 5.41) is 11.6. The molecule has 0 amide bonds.